The number of carbonyl (C=O) groups is 4. The molecule has 0 heterocycles. The van der Waals surface area contributed by atoms with Gasteiger partial charge < -0.3 is 39.4 Å². The average Bonchev–Trinajstić information content (AvgIpc) is 1.66. The molecule has 0 saturated heterocycles. The minimum Gasteiger partial charge on any atom is -0.508 e. The summed E-state index contributed by atoms with van der Waals surface area (Å²) >= 11 is 0. The van der Waals surface area contributed by atoms with Crippen molar-refractivity contribution in [3.8, 4) is 67.5 Å². The fourth-order valence-corrected chi connectivity index (χ4v) is 11.8. The van der Waals surface area contributed by atoms with Crippen molar-refractivity contribution < 1.29 is 58.6 Å². The number of carbonyl (C=O) groups excluding carboxylic acids is 3. The highest BCUT2D eigenvalue weighted by Gasteiger charge is 2.27. The smallest absolute Gasteiger partial charge is 0.338 e. The summed E-state index contributed by atoms with van der Waals surface area (Å²) in [6.07, 6.45) is 5.94. The summed E-state index contributed by atoms with van der Waals surface area (Å²) in [6, 6.07) is 76.0. The van der Waals surface area contributed by atoms with Gasteiger partial charge in [-0.2, -0.15) is 0 Å². The molecule has 0 aromatic heterocycles. The van der Waals surface area contributed by atoms with Gasteiger partial charge in [-0.05, 0) is 209 Å². The molecule has 10 aromatic rings. The number of aliphatic hydroxyl groups is 2. The monoisotopic (exact) mass is 1300 g/mol. The van der Waals surface area contributed by atoms with E-state index in [2.05, 4.69) is 105 Å². The standard InChI is InChI=1S/C23H22O4.C22H20O2.C22H18O2.C15H14O2.C4H6O2/c1-14(2)22(24)26-19-9-5-16(6-10-19)17-7-11-20-18(13-17)8-12-21(20)27-23(25)15(3)4;2*23-22-13-9-19-14-18(8-12-21(19)22)17-6-10-20(11-7-17)24-15-16-4-2-1-3-5-16;16-13-5-1-10(2-6-13)11-3-7-14-12(9-11)4-8-15(14)17;1-3(2)4(5)6/h5-7,9-11,13,21H,1,3,8,12H2,2,4H3;1-8,10-12,14,22-23H,9,13,15H2;1-8,10-12,14H,9,13,15H2;1-3,5-7,9,15-17H,4,8H2;1H2,2H3,(H,5,6). The molecule has 0 fully saturated rings. The first kappa shape index (κ1) is 69.6. The molecule has 0 aliphatic heterocycles. The molecule has 12 heteroatoms. The van der Waals surface area contributed by atoms with Gasteiger partial charge in [-0.1, -0.05) is 202 Å². The Balaban J connectivity index is 0.000000139. The normalized spacial score (nSPS) is 14.8. The van der Waals surface area contributed by atoms with Gasteiger partial charge in [0.1, 0.15) is 42.3 Å². The van der Waals surface area contributed by atoms with E-state index in [1.807, 2.05) is 121 Å². The first-order chi connectivity index (χ1) is 47.3. The average molecular weight is 1310 g/mol. The van der Waals surface area contributed by atoms with Gasteiger partial charge in [0, 0.05) is 28.7 Å². The zero-order valence-electron chi connectivity index (χ0n) is 55.4. The van der Waals surface area contributed by atoms with Gasteiger partial charge in [0.25, 0.3) is 0 Å². The number of esters is 2. The molecule has 0 bridgehead atoms. The van der Waals surface area contributed by atoms with Gasteiger partial charge in [-0.15, -0.1) is 0 Å². The zero-order chi connectivity index (χ0) is 69.2. The Kier molecular flexibility index (Phi) is 23.4. The van der Waals surface area contributed by atoms with E-state index in [1.165, 1.54) is 45.9 Å². The molecule has 4 aliphatic carbocycles. The second kappa shape index (κ2) is 33.0. The van der Waals surface area contributed by atoms with Gasteiger partial charge in [0.2, 0.25) is 0 Å². The number of carboxylic acid groups (broad SMARTS) is 1. The zero-order valence-corrected chi connectivity index (χ0v) is 55.4. The predicted molar refractivity (Wildman–Crippen MR) is 385 cm³/mol. The summed E-state index contributed by atoms with van der Waals surface area (Å²) < 4.78 is 22.4. The van der Waals surface area contributed by atoms with Crippen molar-refractivity contribution in [3.63, 3.8) is 0 Å². The molecule has 496 valence electrons. The van der Waals surface area contributed by atoms with Crippen molar-refractivity contribution in [2.24, 2.45) is 0 Å². The lowest BCUT2D eigenvalue weighted by atomic mass is 10.00. The summed E-state index contributed by atoms with van der Waals surface area (Å²) in [5, 5.41) is 36.8. The number of aliphatic carboxylic acids is 1. The van der Waals surface area contributed by atoms with E-state index in [0.717, 1.165) is 118 Å². The van der Waals surface area contributed by atoms with Crippen molar-refractivity contribution in [1.82, 2.24) is 0 Å². The Morgan fingerprint density at radius 2 is 0.776 bits per heavy atom. The lowest BCUT2D eigenvalue weighted by Crippen LogP contribution is -2.09. The fourth-order valence-electron chi connectivity index (χ4n) is 11.8. The Labute approximate surface area is 573 Å². The van der Waals surface area contributed by atoms with E-state index < -0.39 is 11.9 Å². The van der Waals surface area contributed by atoms with Crippen LogP contribution in [0.2, 0.25) is 0 Å². The van der Waals surface area contributed by atoms with Crippen molar-refractivity contribution in [2.75, 3.05) is 0 Å². The maximum absolute atomic E-state index is 11.8. The van der Waals surface area contributed by atoms with Crippen LogP contribution in [0.1, 0.15) is 125 Å². The van der Waals surface area contributed by atoms with Crippen LogP contribution in [-0.4, -0.2) is 44.1 Å². The van der Waals surface area contributed by atoms with Crippen LogP contribution in [0.3, 0.4) is 0 Å². The van der Waals surface area contributed by atoms with Crippen LogP contribution in [0.25, 0.3) is 44.5 Å². The molecule has 0 radical (unpaired) electrons. The molecule has 3 unspecified atom stereocenters. The maximum atomic E-state index is 11.8. The Morgan fingerprint density at radius 3 is 1.20 bits per heavy atom. The number of Topliss-reactive ketones (excluding diaryl/α,β-unsaturated/α-hetero) is 1. The number of aromatic hydroxyl groups is 1. The molecule has 3 atom stereocenters. The third-order valence-electron chi connectivity index (χ3n) is 17.4. The molecule has 0 saturated carbocycles. The molecule has 4 aliphatic rings. The predicted octanol–water partition coefficient (Wildman–Crippen LogP) is 18.6. The molecular formula is C86H80O12. The molecular weight excluding hydrogens is 1220 g/mol. The summed E-state index contributed by atoms with van der Waals surface area (Å²) in [5.74, 6) is 1.05. The van der Waals surface area contributed by atoms with Crippen molar-refractivity contribution >= 4 is 23.7 Å². The number of aliphatic hydroxyl groups excluding tert-OH is 2. The topological polar surface area (TPSA) is 186 Å². The largest absolute Gasteiger partial charge is 0.508 e. The second-order valence-electron chi connectivity index (χ2n) is 24.8. The number of ketones is 1. The lowest BCUT2D eigenvalue weighted by molar-refractivity contribution is -0.144. The van der Waals surface area contributed by atoms with Gasteiger partial charge in [-0.3, -0.25) is 4.79 Å². The van der Waals surface area contributed by atoms with E-state index >= 15 is 0 Å². The number of fused-ring (bicyclic) bond motifs is 4. The van der Waals surface area contributed by atoms with Crippen LogP contribution in [0.5, 0.6) is 23.0 Å². The van der Waals surface area contributed by atoms with Crippen LogP contribution in [0.4, 0.5) is 0 Å². The molecule has 0 amide bonds. The highest BCUT2D eigenvalue weighted by Crippen LogP contribution is 2.39. The summed E-state index contributed by atoms with van der Waals surface area (Å²) in [6.45, 7) is 16.2. The SMILES string of the molecule is C=C(C)C(=O)O.C=C(C)C(=O)Oc1ccc(-c2ccc3c(c2)CCC3OC(=O)C(=C)C)cc1.O=C1CCc2cc(-c3ccc(OCc4ccccc4)cc3)ccc21.OC1CCc2cc(-c3ccc(OCc4ccccc4)cc3)ccc21.Oc1ccc(-c2ccc3c(c2)CCC3O)cc1. The number of hydrogen-bond donors (Lipinski definition) is 4. The van der Waals surface area contributed by atoms with Gasteiger partial charge in [-0.25, -0.2) is 14.4 Å². The minimum absolute atomic E-state index is 0.176. The van der Waals surface area contributed by atoms with Gasteiger partial charge in [0.05, 0.1) is 12.2 Å². The Hall–Kier alpha value is -11.2. The van der Waals surface area contributed by atoms with E-state index in [9.17, 15) is 34.5 Å². The molecule has 4 N–H and O–H groups in total. The number of ether oxygens (including phenoxy) is 4. The summed E-state index contributed by atoms with van der Waals surface area (Å²) in [4.78, 5) is 44.7. The van der Waals surface area contributed by atoms with Crippen LogP contribution in [0.15, 0.2) is 267 Å². The first-order valence-corrected chi connectivity index (χ1v) is 32.8. The molecule has 10 aromatic carbocycles. The highest BCUT2D eigenvalue weighted by atomic mass is 16.5. The van der Waals surface area contributed by atoms with Crippen molar-refractivity contribution in [1.29, 1.82) is 0 Å². The van der Waals surface area contributed by atoms with Crippen LogP contribution >= 0.6 is 0 Å². The summed E-state index contributed by atoms with van der Waals surface area (Å²) in [7, 11) is 0. The number of hydrogen-bond acceptors (Lipinski definition) is 11. The molecule has 98 heavy (non-hydrogen) atoms. The van der Waals surface area contributed by atoms with Crippen LogP contribution < -0.4 is 14.2 Å². The van der Waals surface area contributed by atoms with Crippen molar-refractivity contribution in [2.45, 2.75) is 104 Å². The third kappa shape index (κ3) is 18.6. The number of carboxylic acids is 1. The lowest BCUT2D eigenvalue weighted by Gasteiger charge is -2.14. The minimum atomic E-state index is -0.935. The third-order valence-corrected chi connectivity index (χ3v) is 17.4. The molecule has 12 nitrogen and oxygen atoms in total. The first-order valence-electron chi connectivity index (χ1n) is 32.8. The van der Waals surface area contributed by atoms with Crippen LogP contribution in [0, 0.1) is 0 Å². The number of rotatable bonds is 15. The number of phenolic OH excluding ortho intramolecular Hbond substituents is 1. The fraction of sp³-hybridized carbons (Fsp3) is 0.186. The van der Waals surface area contributed by atoms with E-state index in [4.69, 9.17) is 24.1 Å². The van der Waals surface area contributed by atoms with E-state index in [0.29, 0.717) is 36.5 Å². The number of benzene rings is 10. The van der Waals surface area contributed by atoms with E-state index in [-0.39, 0.29) is 41.4 Å². The van der Waals surface area contributed by atoms with E-state index in [1.54, 1.807) is 38.1 Å². The van der Waals surface area contributed by atoms with Gasteiger partial charge >= 0.3 is 17.9 Å². The summed E-state index contributed by atoms with van der Waals surface area (Å²) in [5.41, 5.74) is 21.2. The number of phenols is 1. The van der Waals surface area contributed by atoms with Crippen LogP contribution in [-0.2, 0) is 58.0 Å². The van der Waals surface area contributed by atoms with Crippen molar-refractivity contribution in [3.05, 3.63) is 323 Å². The maximum Gasteiger partial charge on any atom is 0.338 e. The second-order valence-corrected chi connectivity index (χ2v) is 24.8. The quantitative estimate of drug-likeness (QED) is 0.0433. The molecule has 0 spiro atoms. The molecule has 14 rings (SSSR count). The van der Waals surface area contributed by atoms with Gasteiger partial charge in [0.15, 0.2) is 5.78 Å². The Morgan fingerprint density at radius 1 is 0.408 bits per heavy atom. The Bertz CT molecular complexity index is 4470. The number of aryl methyl sites for hydroxylation is 4. The highest BCUT2D eigenvalue weighted by molar-refractivity contribution is 6.01.